The van der Waals surface area contributed by atoms with E-state index in [0.29, 0.717) is 30.4 Å². The molecule has 2 N–H and O–H groups in total. The molecule has 0 bridgehead atoms. The Kier molecular flexibility index (Phi) is 5.19. The maximum absolute atomic E-state index is 13.3. The fourth-order valence-corrected chi connectivity index (χ4v) is 2.96. The van der Waals surface area contributed by atoms with Crippen molar-refractivity contribution in [3.63, 3.8) is 0 Å². The molecule has 31 heavy (non-hydrogen) atoms. The number of para-hydroxylation sites is 1. The molecular formula is C19H14F3N5O4. The lowest BCUT2D eigenvalue weighted by molar-refractivity contribution is -0.383. The van der Waals surface area contributed by atoms with Gasteiger partial charge < -0.3 is 20.1 Å². The highest BCUT2D eigenvalue weighted by Gasteiger charge is 2.34. The zero-order valence-electron chi connectivity index (χ0n) is 15.6. The van der Waals surface area contributed by atoms with E-state index in [1.165, 1.54) is 12.1 Å². The Hall–Kier alpha value is -4.09. The third-order valence-corrected chi connectivity index (χ3v) is 4.30. The van der Waals surface area contributed by atoms with Crippen molar-refractivity contribution in [2.45, 2.75) is 6.18 Å². The molecule has 0 atom stereocenters. The maximum atomic E-state index is 13.3. The molecule has 0 saturated heterocycles. The van der Waals surface area contributed by atoms with Gasteiger partial charge in [0.2, 0.25) is 11.6 Å². The molecule has 1 aliphatic heterocycles. The number of halogens is 3. The summed E-state index contributed by atoms with van der Waals surface area (Å²) in [7, 11) is 0. The number of nitro groups is 1. The largest absolute Gasteiger partial charge is 0.486 e. The number of aromatic nitrogens is 2. The van der Waals surface area contributed by atoms with Crippen molar-refractivity contribution in [3.05, 3.63) is 64.5 Å². The van der Waals surface area contributed by atoms with Gasteiger partial charge in [0.1, 0.15) is 19.5 Å². The van der Waals surface area contributed by atoms with Crippen molar-refractivity contribution < 1.29 is 27.6 Å². The average molecular weight is 433 g/mol. The van der Waals surface area contributed by atoms with Crippen LogP contribution in [0.1, 0.15) is 5.56 Å². The van der Waals surface area contributed by atoms with E-state index < -0.39 is 28.2 Å². The van der Waals surface area contributed by atoms with Crippen LogP contribution in [-0.4, -0.2) is 28.1 Å². The predicted octanol–water partition coefficient (Wildman–Crippen LogP) is 4.66. The number of alkyl halides is 3. The zero-order valence-corrected chi connectivity index (χ0v) is 15.6. The van der Waals surface area contributed by atoms with Crippen molar-refractivity contribution in [1.82, 2.24) is 9.97 Å². The second kappa shape index (κ2) is 7.97. The summed E-state index contributed by atoms with van der Waals surface area (Å²) in [5.41, 5.74) is -1.56. The minimum absolute atomic E-state index is 0.205. The van der Waals surface area contributed by atoms with Gasteiger partial charge in [-0.15, -0.1) is 0 Å². The van der Waals surface area contributed by atoms with Gasteiger partial charge in [0.25, 0.3) is 0 Å². The molecule has 0 fully saturated rings. The van der Waals surface area contributed by atoms with Crippen LogP contribution < -0.4 is 20.1 Å². The van der Waals surface area contributed by atoms with Gasteiger partial charge in [-0.05, 0) is 24.3 Å². The molecule has 1 aliphatic rings. The van der Waals surface area contributed by atoms with Crippen LogP contribution in [0.3, 0.4) is 0 Å². The Labute approximate surface area is 173 Å². The summed E-state index contributed by atoms with van der Waals surface area (Å²) in [6, 6.07) is 9.42. The lowest BCUT2D eigenvalue weighted by atomic mass is 10.1. The Morgan fingerprint density at radius 2 is 1.65 bits per heavy atom. The molecule has 0 amide bonds. The van der Waals surface area contributed by atoms with Crippen LogP contribution in [0.4, 0.5) is 41.9 Å². The molecule has 0 unspecified atom stereocenters. The van der Waals surface area contributed by atoms with Crippen LogP contribution in [0, 0.1) is 10.1 Å². The van der Waals surface area contributed by atoms with E-state index in [-0.39, 0.29) is 11.5 Å². The summed E-state index contributed by atoms with van der Waals surface area (Å²) >= 11 is 0. The Bertz CT molecular complexity index is 1140. The molecule has 0 aliphatic carbocycles. The molecule has 2 heterocycles. The Morgan fingerprint density at radius 1 is 0.968 bits per heavy atom. The summed E-state index contributed by atoms with van der Waals surface area (Å²) in [5, 5.41) is 16.9. The number of hydrogen-bond donors (Lipinski definition) is 2. The van der Waals surface area contributed by atoms with Crippen molar-refractivity contribution >= 4 is 28.7 Å². The monoisotopic (exact) mass is 433 g/mol. The van der Waals surface area contributed by atoms with Crippen molar-refractivity contribution in [1.29, 1.82) is 0 Å². The molecule has 0 saturated carbocycles. The number of rotatable bonds is 5. The van der Waals surface area contributed by atoms with Gasteiger partial charge in [-0.1, -0.05) is 12.1 Å². The van der Waals surface area contributed by atoms with Crippen LogP contribution in [0.15, 0.2) is 48.8 Å². The molecule has 2 aromatic carbocycles. The van der Waals surface area contributed by atoms with E-state index in [0.717, 1.165) is 18.5 Å². The zero-order chi connectivity index (χ0) is 22.0. The summed E-state index contributed by atoms with van der Waals surface area (Å²) < 4.78 is 50.7. The first-order chi connectivity index (χ1) is 14.8. The van der Waals surface area contributed by atoms with Gasteiger partial charge in [-0.2, -0.15) is 13.2 Å². The van der Waals surface area contributed by atoms with Crippen LogP contribution in [0.2, 0.25) is 0 Å². The van der Waals surface area contributed by atoms with Gasteiger partial charge in [0.15, 0.2) is 11.5 Å². The van der Waals surface area contributed by atoms with Gasteiger partial charge in [-0.25, -0.2) is 9.97 Å². The fraction of sp³-hybridized carbons (Fsp3) is 0.158. The molecule has 4 rings (SSSR count). The third kappa shape index (κ3) is 4.27. The third-order valence-electron chi connectivity index (χ3n) is 4.30. The van der Waals surface area contributed by atoms with E-state index in [4.69, 9.17) is 9.47 Å². The number of nitrogens with zero attached hydrogens (tertiary/aromatic N) is 3. The first-order valence-electron chi connectivity index (χ1n) is 8.92. The number of benzene rings is 2. The minimum Gasteiger partial charge on any atom is -0.486 e. The van der Waals surface area contributed by atoms with Crippen molar-refractivity contribution in [2.75, 3.05) is 23.8 Å². The van der Waals surface area contributed by atoms with Gasteiger partial charge >= 0.3 is 11.9 Å². The normalized spacial score (nSPS) is 12.9. The van der Waals surface area contributed by atoms with Crippen LogP contribution in [0.25, 0.3) is 0 Å². The van der Waals surface area contributed by atoms with Crippen molar-refractivity contribution in [2.24, 2.45) is 0 Å². The standard InChI is InChI=1S/C19H14F3N5O4/c20-19(21,22)12-3-1-2-4-13(12)26-18-16(27(28)29)17(23-10-24-18)25-11-5-6-14-15(9-11)31-8-7-30-14/h1-6,9-10H,7-8H2,(H2,23,24,25,26). The lowest BCUT2D eigenvalue weighted by Gasteiger charge is -2.19. The van der Waals surface area contributed by atoms with Gasteiger partial charge in [-0.3, -0.25) is 10.1 Å². The van der Waals surface area contributed by atoms with E-state index in [2.05, 4.69) is 20.6 Å². The predicted molar refractivity (Wildman–Crippen MR) is 104 cm³/mol. The maximum Gasteiger partial charge on any atom is 0.418 e. The second-order valence-corrected chi connectivity index (χ2v) is 6.33. The van der Waals surface area contributed by atoms with Gasteiger partial charge in [0.05, 0.1) is 16.2 Å². The van der Waals surface area contributed by atoms with Gasteiger partial charge in [0, 0.05) is 11.8 Å². The summed E-state index contributed by atoms with van der Waals surface area (Å²) in [5.74, 6) is 0.380. The fourth-order valence-electron chi connectivity index (χ4n) is 2.96. The SMILES string of the molecule is O=[N+]([O-])c1c(Nc2ccc3c(c2)OCCO3)ncnc1Nc1ccccc1C(F)(F)F. The Balaban J connectivity index is 1.69. The smallest absolute Gasteiger partial charge is 0.418 e. The van der Waals surface area contributed by atoms with E-state index in [1.54, 1.807) is 18.2 Å². The average Bonchev–Trinajstić information content (AvgIpc) is 2.73. The Morgan fingerprint density at radius 3 is 2.35 bits per heavy atom. The molecular weight excluding hydrogens is 419 g/mol. The molecule has 3 aromatic rings. The first kappa shape index (κ1) is 20.2. The molecule has 12 heteroatoms. The molecule has 0 radical (unpaired) electrons. The molecule has 160 valence electrons. The highest BCUT2D eigenvalue weighted by atomic mass is 19.4. The lowest BCUT2D eigenvalue weighted by Crippen LogP contribution is -2.15. The van der Waals surface area contributed by atoms with Crippen LogP contribution in [0.5, 0.6) is 11.5 Å². The number of fused-ring (bicyclic) bond motifs is 1. The second-order valence-electron chi connectivity index (χ2n) is 6.33. The van der Waals surface area contributed by atoms with E-state index in [1.807, 2.05) is 0 Å². The summed E-state index contributed by atoms with van der Waals surface area (Å²) in [6.07, 6.45) is -3.65. The number of hydrogen-bond acceptors (Lipinski definition) is 8. The quantitative estimate of drug-likeness (QED) is 0.441. The van der Waals surface area contributed by atoms with Crippen LogP contribution >= 0.6 is 0 Å². The van der Waals surface area contributed by atoms with Crippen LogP contribution in [-0.2, 0) is 6.18 Å². The van der Waals surface area contributed by atoms with E-state index in [9.17, 15) is 23.3 Å². The number of ether oxygens (including phenoxy) is 2. The highest BCUT2D eigenvalue weighted by Crippen LogP contribution is 2.39. The highest BCUT2D eigenvalue weighted by molar-refractivity contribution is 5.78. The summed E-state index contributed by atoms with van der Waals surface area (Å²) in [4.78, 5) is 18.6. The molecule has 0 spiro atoms. The van der Waals surface area contributed by atoms with E-state index >= 15 is 0 Å². The molecule has 9 nitrogen and oxygen atoms in total. The number of nitrogens with one attached hydrogen (secondary N) is 2. The first-order valence-corrected chi connectivity index (χ1v) is 8.92. The van der Waals surface area contributed by atoms with Crippen molar-refractivity contribution in [3.8, 4) is 11.5 Å². The minimum atomic E-state index is -4.66. The molecule has 1 aromatic heterocycles. The summed E-state index contributed by atoms with van der Waals surface area (Å²) in [6.45, 7) is 0.766. The number of anilines is 4. The topological polar surface area (TPSA) is 111 Å².